The number of carbonyl (C=O) groups excluding carboxylic acids is 1. The van der Waals surface area contributed by atoms with E-state index in [0.717, 1.165) is 0 Å². The lowest BCUT2D eigenvalue weighted by Gasteiger charge is -1.95. The summed E-state index contributed by atoms with van der Waals surface area (Å²) in [6, 6.07) is 0. The SMILES string of the molecule is O=C(O)CCC(=O)ONCl. The Morgan fingerprint density at radius 2 is 2.10 bits per heavy atom. The smallest absolute Gasteiger partial charge is 0.327 e. The summed E-state index contributed by atoms with van der Waals surface area (Å²) in [5.74, 6) is -1.75. The number of carboxylic acids is 1. The van der Waals surface area contributed by atoms with Gasteiger partial charge in [0.2, 0.25) is 0 Å². The molecular weight excluding hydrogens is 162 g/mol. The Labute approximate surface area is 62.0 Å². The molecular formula is C4H6ClNO4. The summed E-state index contributed by atoms with van der Waals surface area (Å²) >= 11 is 4.77. The van der Waals surface area contributed by atoms with Crippen molar-refractivity contribution in [3.63, 3.8) is 0 Å². The van der Waals surface area contributed by atoms with E-state index in [2.05, 4.69) is 4.84 Å². The Kier molecular flexibility index (Phi) is 4.61. The van der Waals surface area contributed by atoms with Crippen LogP contribution in [-0.4, -0.2) is 17.0 Å². The number of hydrogen-bond acceptors (Lipinski definition) is 4. The third-order valence-corrected chi connectivity index (χ3v) is 0.773. The van der Waals surface area contributed by atoms with Gasteiger partial charge in [-0.15, -0.1) is 0 Å². The summed E-state index contributed by atoms with van der Waals surface area (Å²) in [4.78, 5) is 25.8. The van der Waals surface area contributed by atoms with Gasteiger partial charge < -0.3 is 9.94 Å². The molecule has 2 N–H and O–H groups in total. The fourth-order valence-corrected chi connectivity index (χ4v) is 0.389. The van der Waals surface area contributed by atoms with Gasteiger partial charge in [-0.25, -0.2) is 0 Å². The molecule has 0 aromatic rings. The third kappa shape index (κ3) is 5.33. The highest BCUT2D eigenvalue weighted by Crippen LogP contribution is 1.90. The summed E-state index contributed by atoms with van der Waals surface area (Å²) in [5.41, 5.74) is 0. The standard InChI is InChI=1S/C4H6ClNO4/c5-6-10-4(9)2-1-3(7)8/h6H,1-2H2,(H,7,8). The minimum atomic E-state index is -1.05. The molecule has 6 heteroatoms. The zero-order valence-electron chi connectivity index (χ0n) is 4.96. The molecule has 0 heterocycles. The maximum absolute atomic E-state index is 10.3. The zero-order valence-corrected chi connectivity index (χ0v) is 5.72. The molecule has 0 aromatic heterocycles. The van der Waals surface area contributed by atoms with Crippen LogP contribution in [-0.2, 0) is 14.4 Å². The van der Waals surface area contributed by atoms with E-state index < -0.39 is 11.9 Å². The van der Waals surface area contributed by atoms with Crippen LogP contribution in [0.1, 0.15) is 12.8 Å². The molecule has 5 nitrogen and oxygen atoms in total. The Balaban J connectivity index is 3.30. The Hall–Kier alpha value is -0.810. The molecule has 0 aliphatic rings. The molecule has 58 valence electrons. The number of carboxylic acid groups (broad SMARTS) is 1. The first-order chi connectivity index (χ1) is 4.66. The average molecular weight is 168 g/mol. The van der Waals surface area contributed by atoms with Crippen molar-refractivity contribution in [2.45, 2.75) is 12.8 Å². The van der Waals surface area contributed by atoms with E-state index in [1.807, 2.05) is 0 Å². The summed E-state index contributed by atoms with van der Waals surface area (Å²) in [6.07, 6.45) is -0.438. The van der Waals surface area contributed by atoms with Gasteiger partial charge in [0.05, 0.1) is 12.8 Å². The first-order valence-electron chi connectivity index (χ1n) is 2.44. The second-order valence-corrected chi connectivity index (χ2v) is 1.60. The van der Waals surface area contributed by atoms with Crippen molar-refractivity contribution in [3.05, 3.63) is 0 Å². The summed E-state index contributed by atoms with van der Waals surface area (Å²) < 4.78 is 0. The molecule has 0 aliphatic heterocycles. The lowest BCUT2D eigenvalue weighted by Crippen LogP contribution is -2.12. The quantitative estimate of drug-likeness (QED) is 0.457. The van der Waals surface area contributed by atoms with E-state index in [9.17, 15) is 9.59 Å². The third-order valence-electron chi connectivity index (χ3n) is 0.695. The molecule has 0 rings (SSSR count). The predicted octanol–water partition coefficient (Wildman–Crippen LogP) is 0.0528. The molecule has 0 saturated carbocycles. The van der Waals surface area contributed by atoms with Crippen LogP contribution in [0.5, 0.6) is 0 Å². The molecule has 0 saturated heterocycles. The van der Waals surface area contributed by atoms with Crippen molar-refractivity contribution in [1.29, 1.82) is 0 Å². The Morgan fingerprint density at radius 1 is 1.50 bits per heavy atom. The van der Waals surface area contributed by atoms with Crippen molar-refractivity contribution in [1.82, 2.24) is 5.00 Å². The number of hydrogen-bond donors (Lipinski definition) is 2. The van der Waals surface area contributed by atoms with Crippen LogP contribution in [0.4, 0.5) is 0 Å². The molecule has 0 fully saturated rings. The van der Waals surface area contributed by atoms with E-state index in [0.29, 0.717) is 0 Å². The van der Waals surface area contributed by atoms with E-state index in [1.54, 1.807) is 5.00 Å². The second kappa shape index (κ2) is 5.01. The molecule has 0 spiro atoms. The molecule has 0 radical (unpaired) electrons. The molecule has 0 unspecified atom stereocenters. The van der Waals surface area contributed by atoms with Crippen molar-refractivity contribution < 1.29 is 19.5 Å². The molecule has 0 atom stereocenters. The van der Waals surface area contributed by atoms with Crippen molar-refractivity contribution >= 4 is 23.7 Å². The highest BCUT2D eigenvalue weighted by atomic mass is 35.5. The summed E-state index contributed by atoms with van der Waals surface area (Å²) in [6.45, 7) is 0. The first kappa shape index (κ1) is 9.19. The molecule has 0 bridgehead atoms. The maximum Gasteiger partial charge on any atom is 0.327 e. The Bertz CT molecular complexity index is 137. The topological polar surface area (TPSA) is 75.6 Å². The fraction of sp³-hybridized carbons (Fsp3) is 0.500. The molecule has 0 aliphatic carbocycles. The van der Waals surface area contributed by atoms with Gasteiger partial charge in [-0.2, -0.15) is 0 Å². The zero-order chi connectivity index (χ0) is 7.98. The number of aliphatic carboxylic acids is 1. The molecule has 0 aromatic carbocycles. The van der Waals surface area contributed by atoms with Crippen LogP contribution in [0.2, 0.25) is 0 Å². The fourth-order valence-electron chi connectivity index (χ4n) is 0.303. The second-order valence-electron chi connectivity index (χ2n) is 1.44. The number of nitrogens with one attached hydrogen (secondary N) is 1. The minimum Gasteiger partial charge on any atom is -0.481 e. The van der Waals surface area contributed by atoms with Gasteiger partial charge in [0.15, 0.2) is 0 Å². The van der Waals surface area contributed by atoms with Gasteiger partial charge in [0.25, 0.3) is 0 Å². The first-order valence-corrected chi connectivity index (χ1v) is 2.81. The highest BCUT2D eigenvalue weighted by molar-refractivity contribution is 6.13. The number of rotatable bonds is 4. The normalized spacial score (nSPS) is 8.90. The van der Waals surface area contributed by atoms with E-state index in [-0.39, 0.29) is 12.8 Å². The van der Waals surface area contributed by atoms with E-state index in [1.165, 1.54) is 0 Å². The van der Waals surface area contributed by atoms with Gasteiger partial charge in [0.1, 0.15) is 0 Å². The van der Waals surface area contributed by atoms with Crippen LogP contribution in [0.3, 0.4) is 0 Å². The highest BCUT2D eigenvalue weighted by Gasteiger charge is 2.05. The van der Waals surface area contributed by atoms with Crippen LogP contribution in [0, 0.1) is 0 Å². The van der Waals surface area contributed by atoms with Gasteiger partial charge in [-0.3, -0.25) is 9.59 Å². The summed E-state index contributed by atoms with van der Waals surface area (Å²) in [7, 11) is 0. The average Bonchev–Trinajstić information content (AvgIpc) is 1.85. The van der Waals surface area contributed by atoms with E-state index >= 15 is 0 Å². The van der Waals surface area contributed by atoms with Gasteiger partial charge >= 0.3 is 11.9 Å². The van der Waals surface area contributed by atoms with Crippen molar-refractivity contribution in [2.24, 2.45) is 0 Å². The van der Waals surface area contributed by atoms with Crippen LogP contribution < -0.4 is 5.00 Å². The van der Waals surface area contributed by atoms with Crippen LogP contribution >= 0.6 is 11.8 Å². The van der Waals surface area contributed by atoms with Crippen molar-refractivity contribution in [3.8, 4) is 0 Å². The summed E-state index contributed by atoms with van der Waals surface area (Å²) in [5, 5.41) is 8.07. The Morgan fingerprint density at radius 3 is 2.50 bits per heavy atom. The monoisotopic (exact) mass is 167 g/mol. The number of carbonyl (C=O) groups is 2. The number of halogens is 1. The minimum absolute atomic E-state index is 0.185. The molecule has 10 heavy (non-hydrogen) atoms. The maximum atomic E-state index is 10.3. The largest absolute Gasteiger partial charge is 0.481 e. The van der Waals surface area contributed by atoms with Crippen LogP contribution in [0.25, 0.3) is 0 Å². The lowest BCUT2D eigenvalue weighted by molar-refractivity contribution is -0.150. The lowest BCUT2D eigenvalue weighted by atomic mass is 10.3. The van der Waals surface area contributed by atoms with Gasteiger partial charge in [0, 0.05) is 11.8 Å². The van der Waals surface area contributed by atoms with Crippen LogP contribution in [0.15, 0.2) is 0 Å². The van der Waals surface area contributed by atoms with Gasteiger partial charge in [-0.1, -0.05) is 5.00 Å². The molecule has 0 amide bonds. The van der Waals surface area contributed by atoms with Crippen molar-refractivity contribution in [2.75, 3.05) is 0 Å². The van der Waals surface area contributed by atoms with E-state index in [4.69, 9.17) is 16.9 Å². The predicted molar refractivity (Wildman–Crippen MR) is 32.0 cm³/mol. The van der Waals surface area contributed by atoms with Gasteiger partial charge in [-0.05, 0) is 0 Å².